The molecule has 1 aliphatic heterocycles. The number of likely N-dealkylation sites (tertiary alicyclic amines) is 1. The van der Waals surface area contributed by atoms with Gasteiger partial charge in [0, 0.05) is 13.0 Å². The topological polar surface area (TPSA) is 55.8 Å². The minimum atomic E-state index is -0.633. The molecule has 27 heavy (non-hydrogen) atoms. The average molecular weight is 384 g/mol. The zero-order valence-corrected chi connectivity index (χ0v) is 18.7. The van der Waals surface area contributed by atoms with Gasteiger partial charge in [-0.2, -0.15) is 0 Å². The highest BCUT2D eigenvalue weighted by Crippen LogP contribution is 2.34. The molecule has 0 N–H and O–H groups in total. The largest absolute Gasteiger partial charge is 0.457 e. The first-order valence-electron chi connectivity index (χ1n) is 10.8. The van der Waals surface area contributed by atoms with E-state index in [4.69, 9.17) is 9.47 Å². The van der Waals surface area contributed by atoms with Gasteiger partial charge in [0.2, 0.25) is 0 Å². The number of nitrogens with zero attached hydrogens (tertiary/aromatic N) is 1. The Morgan fingerprint density at radius 1 is 1.00 bits per heavy atom. The molecule has 0 radical (unpaired) electrons. The van der Waals surface area contributed by atoms with Crippen LogP contribution in [0.3, 0.4) is 0 Å². The molecule has 1 atom stereocenters. The molecule has 1 rings (SSSR count). The second kappa shape index (κ2) is 9.79. The molecule has 1 heterocycles. The highest BCUT2D eigenvalue weighted by atomic mass is 16.6. The second-order valence-electron chi connectivity index (χ2n) is 9.05. The van der Waals surface area contributed by atoms with E-state index < -0.39 is 11.0 Å². The van der Waals surface area contributed by atoms with Gasteiger partial charge in [-0.25, -0.2) is 4.79 Å². The number of carbonyl (C=O) groups excluding carboxylic acids is 2. The van der Waals surface area contributed by atoms with E-state index in [1.807, 2.05) is 27.7 Å². The van der Waals surface area contributed by atoms with Crippen molar-refractivity contribution in [1.82, 2.24) is 4.90 Å². The van der Waals surface area contributed by atoms with Gasteiger partial charge in [-0.1, -0.05) is 47.0 Å². The highest BCUT2D eigenvalue weighted by molar-refractivity contribution is 5.76. The Morgan fingerprint density at radius 2 is 1.52 bits per heavy atom. The third kappa shape index (κ3) is 6.39. The van der Waals surface area contributed by atoms with Gasteiger partial charge < -0.3 is 14.4 Å². The van der Waals surface area contributed by atoms with Crippen molar-refractivity contribution in [1.29, 1.82) is 0 Å². The third-order valence-corrected chi connectivity index (χ3v) is 5.89. The Labute approximate surface area is 166 Å². The molecular formula is C22H41NO4. The Balaban J connectivity index is 2.78. The SMILES string of the molecule is CCCC(CCC)(CCC)OC(=O)N1CCC(C)(OC(=O)C(C)(C)CC)C1. The summed E-state index contributed by atoms with van der Waals surface area (Å²) in [5, 5.41) is 0. The molecular weight excluding hydrogens is 342 g/mol. The van der Waals surface area contributed by atoms with E-state index in [-0.39, 0.29) is 17.7 Å². The molecule has 0 aromatic carbocycles. The van der Waals surface area contributed by atoms with E-state index in [1.165, 1.54) is 0 Å². The maximum absolute atomic E-state index is 12.9. The summed E-state index contributed by atoms with van der Waals surface area (Å²) in [6.07, 6.45) is 6.77. The van der Waals surface area contributed by atoms with Crippen LogP contribution < -0.4 is 0 Å². The summed E-state index contributed by atoms with van der Waals surface area (Å²) in [5.74, 6) is -0.194. The molecule has 5 heteroatoms. The van der Waals surface area contributed by atoms with Crippen molar-refractivity contribution in [3.63, 3.8) is 0 Å². The molecule has 1 saturated heterocycles. The van der Waals surface area contributed by atoms with Gasteiger partial charge in [0.15, 0.2) is 0 Å². The number of carbonyl (C=O) groups is 2. The number of ether oxygens (including phenoxy) is 2. The molecule has 0 saturated carbocycles. The van der Waals surface area contributed by atoms with Crippen LogP contribution in [0.15, 0.2) is 0 Å². The maximum atomic E-state index is 12.9. The molecule has 0 bridgehead atoms. The van der Waals surface area contributed by atoms with E-state index >= 15 is 0 Å². The Bertz CT molecular complexity index is 486. The van der Waals surface area contributed by atoms with Crippen LogP contribution in [-0.4, -0.2) is 41.3 Å². The first-order chi connectivity index (χ1) is 12.6. The normalized spacial score (nSPS) is 20.6. The van der Waals surface area contributed by atoms with Crippen LogP contribution in [0.4, 0.5) is 4.79 Å². The van der Waals surface area contributed by atoms with Gasteiger partial charge in [-0.05, 0) is 46.5 Å². The van der Waals surface area contributed by atoms with Crippen molar-refractivity contribution >= 4 is 12.1 Å². The van der Waals surface area contributed by atoms with Crippen molar-refractivity contribution in [3.05, 3.63) is 0 Å². The molecule has 1 amide bonds. The molecule has 1 fully saturated rings. The number of hydrogen-bond acceptors (Lipinski definition) is 4. The maximum Gasteiger partial charge on any atom is 0.410 e. The third-order valence-electron chi connectivity index (χ3n) is 5.89. The van der Waals surface area contributed by atoms with Gasteiger partial charge in [0.1, 0.15) is 11.2 Å². The van der Waals surface area contributed by atoms with Crippen molar-refractivity contribution in [2.24, 2.45) is 5.41 Å². The van der Waals surface area contributed by atoms with Crippen LogP contribution in [0.25, 0.3) is 0 Å². The van der Waals surface area contributed by atoms with Gasteiger partial charge in [0.25, 0.3) is 0 Å². The zero-order chi connectivity index (χ0) is 20.7. The summed E-state index contributed by atoms with van der Waals surface area (Å²) in [6, 6.07) is 0. The number of rotatable bonds is 10. The predicted molar refractivity (Wildman–Crippen MR) is 109 cm³/mol. The quantitative estimate of drug-likeness (QED) is 0.454. The predicted octanol–water partition coefficient (Wildman–Crippen LogP) is 5.71. The summed E-state index contributed by atoms with van der Waals surface area (Å²) in [5.41, 5.74) is -1.50. The fraction of sp³-hybridized carbons (Fsp3) is 0.909. The summed E-state index contributed by atoms with van der Waals surface area (Å²) in [7, 11) is 0. The summed E-state index contributed by atoms with van der Waals surface area (Å²) < 4.78 is 11.9. The Hall–Kier alpha value is -1.26. The number of amides is 1. The average Bonchev–Trinajstić information content (AvgIpc) is 2.97. The van der Waals surface area contributed by atoms with E-state index in [2.05, 4.69) is 20.8 Å². The minimum absolute atomic E-state index is 0.194. The van der Waals surface area contributed by atoms with Gasteiger partial charge in [0.05, 0.1) is 12.0 Å². The van der Waals surface area contributed by atoms with Gasteiger partial charge in [-0.15, -0.1) is 0 Å². The fourth-order valence-corrected chi connectivity index (χ4v) is 3.82. The van der Waals surface area contributed by atoms with Crippen LogP contribution in [0.5, 0.6) is 0 Å². The highest BCUT2D eigenvalue weighted by Gasteiger charge is 2.44. The molecule has 0 spiro atoms. The summed E-state index contributed by atoms with van der Waals surface area (Å²) in [6.45, 7) is 15.1. The standard InChI is InChI=1S/C22H41NO4/c1-8-12-22(13-9-2,14-10-3)27-19(25)23-16-15-21(7,17-23)26-18(24)20(5,6)11-4/h8-17H2,1-7H3. The first-order valence-corrected chi connectivity index (χ1v) is 10.8. The Kier molecular flexibility index (Phi) is 8.62. The lowest BCUT2D eigenvalue weighted by Crippen LogP contribution is -2.44. The van der Waals surface area contributed by atoms with E-state index in [9.17, 15) is 9.59 Å². The van der Waals surface area contributed by atoms with Crippen molar-refractivity contribution in [2.45, 2.75) is 111 Å². The number of esters is 1. The van der Waals surface area contributed by atoms with E-state index in [0.29, 0.717) is 19.5 Å². The molecule has 0 aliphatic carbocycles. The fourth-order valence-electron chi connectivity index (χ4n) is 3.82. The molecule has 5 nitrogen and oxygen atoms in total. The number of hydrogen-bond donors (Lipinski definition) is 0. The first kappa shape index (κ1) is 23.8. The van der Waals surface area contributed by atoms with Crippen LogP contribution in [-0.2, 0) is 14.3 Å². The smallest absolute Gasteiger partial charge is 0.410 e. The Morgan fingerprint density at radius 3 is 1.96 bits per heavy atom. The minimum Gasteiger partial charge on any atom is -0.457 e. The van der Waals surface area contributed by atoms with Crippen LogP contribution in [0.1, 0.15) is 99.8 Å². The molecule has 0 aromatic heterocycles. The van der Waals surface area contributed by atoms with Crippen molar-refractivity contribution in [2.75, 3.05) is 13.1 Å². The van der Waals surface area contributed by atoms with Gasteiger partial charge in [-0.3, -0.25) is 4.79 Å². The second-order valence-corrected chi connectivity index (χ2v) is 9.05. The van der Waals surface area contributed by atoms with E-state index in [1.54, 1.807) is 4.90 Å². The molecule has 1 unspecified atom stereocenters. The van der Waals surface area contributed by atoms with Crippen molar-refractivity contribution < 1.29 is 19.1 Å². The van der Waals surface area contributed by atoms with Crippen LogP contribution in [0, 0.1) is 5.41 Å². The van der Waals surface area contributed by atoms with Crippen molar-refractivity contribution in [3.8, 4) is 0 Å². The van der Waals surface area contributed by atoms with Crippen LogP contribution >= 0.6 is 0 Å². The van der Waals surface area contributed by atoms with Crippen LogP contribution in [0.2, 0.25) is 0 Å². The van der Waals surface area contributed by atoms with E-state index in [0.717, 1.165) is 44.9 Å². The van der Waals surface area contributed by atoms with Gasteiger partial charge >= 0.3 is 12.1 Å². The summed E-state index contributed by atoms with van der Waals surface area (Å²) >= 11 is 0. The lowest BCUT2D eigenvalue weighted by Gasteiger charge is -2.35. The molecule has 1 aliphatic rings. The lowest BCUT2D eigenvalue weighted by molar-refractivity contribution is -0.167. The lowest BCUT2D eigenvalue weighted by atomic mass is 9.88. The summed E-state index contributed by atoms with van der Waals surface area (Å²) in [4.78, 5) is 27.0. The molecule has 0 aromatic rings. The monoisotopic (exact) mass is 383 g/mol. The zero-order valence-electron chi connectivity index (χ0n) is 18.7. The molecule has 158 valence electrons.